The lowest BCUT2D eigenvalue weighted by molar-refractivity contribution is 0.102. The van der Waals surface area contributed by atoms with Gasteiger partial charge in [-0.15, -0.1) is 0 Å². The van der Waals surface area contributed by atoms with E-state index in [1.807, 2.05) is 6.07 Å². The molecule has 0 spiro atoms. The topological polar surface area (TPSA) is 75.3 Å². The zero-order chi connectivity index (χ0) is 19.4. The molecule has 0 aliphatic rings. The summed E-state index contributed by atoms with van der Waals surface area (Å²) in [7, 11) is -3.95. The van der Waals surface area contributed by atoms with Gasteiger partial charge in [-0.2, -0.15) is 0 Å². The van der Waals surface area contributed by atoms with Gasteiger partial charge >= 0.3 is 0 Å². The molecule has 0 radical (unpaired) electrons. The van der Waals surface area contributed by atoms with E-state index in [0.717, 1.165) is 12.1 Å². The molecule has 0 saturated heterocycles. The smallest absolute Gasteiger partial charge is 0.261 e. The van der Waals surface area contributed by atoms with E-state index in [-0.39, 0.29) is 16.1 Å². The molecule has 0 heterocycles. The van der Waals surface area contributed by atoms with E-state index in [9.17, 15) is 17.6 Å². The van der Waals surface area contributed by atoms with Gasteiger partial charge < -0.3 is 5.32 Å². The molecule has 8 heteroatoms. The molecule has 27 heavy (non-hydrogen) atoms. The van der Waals surface area contributed by atoms with E-state index in [4.69, 9.17) is 0 Å². The first-order valence-corrected chi connectivity index (χ1v) is 10.1. The van der Waals surface area contributed by atoms with Crippen LogP contribution in [0.3, 0.4) is 0 Å². The second kappa shape index (κ2) is 7.89. The number of carbonyl (C=O) groups is 1. The summed E-state index contributed by atoms with van der Waals surface area (Å²) in [6, 6.07) is 17.9. The monoisotopic (exact) mass is 448 g/mol. The largest absolute Gasteiger partial charge is 0.322 e. The summed E-state index contributed by atoms with van der Waals surface area (Å²) in [5.41, 5.74) is 0.975. The molecular weight excluding hydrogens is 435 g/mol. The molecule has 3 aromatic rings. The Kier molecular flexibility index (Phi) is 5.57. The molecule has 138 valence electrons. The second-order valence-electron chi connectivity index (χ2n) is 5.57. The third-order valence-corrected chi connectivity index (χ3v) is 5.69. The van der Waals surface area contributed by atoms with E-state index in [1.54, 1.807) is 24.3 Å². The van der Waals surface area contributed by atoms with Gasteiger partial charge in [-0.3, -0.25) is 9.52 Å². The van der Waals surface area contributed by atoms with Crippen LogP contribution >= 0.6 is 15.9 Å². The molecule has 0 saturated carbocycles. The molecule has 0 aromatic heterocycles. The Balaban J connectivity index is 1.87. The van der Waals surface area contributed by atoms with Crippen LogP contribution in [0.1, 0.15) is 10.4 Å². The van der Waals surface area contributed by atoms with Gasteiger partial charge in [0.05, 0.1) is 10.5 Å². The van der Waals surface area contributed by atoms with E-state index in [1.165, 1.54) is 30.3 Å². The van der Waals surface area contributed by atoms with Crippen molar-refractivity contribution >= 4 is 43.2 Å². The van der Waals surface area contributed by atoms with Gasteiger partial charge in [0, 0.05) is 15.8 Å². The number of nitrogens with one attached hydrogen (secondary N) is 2. The number of amides is 1. The van der Waals surface area contributed by atoms with Crippen LogP contribution in [0.4, 0.5) is 15.8 Å². The highest BCUT2D eigenvalue weighted by Crippen LogP contribution is 2.24. The number of halogens is 2. The van der Waals surface area contributed by atoms with Crippen molar-refractivity contribution in [2.45, 2.75) is 4.90 Å². The highest BCUT2D eigenvalue weighted by Gasteiger charge is 2.19. The van der Waals surface area contributed by atoms with Gasteiger partial charge in [-0.1, -0.05) is 18.2 Å². The fourth-order valence-corrected chi connectivity index (χ4v) is 3.81. The lowest BCUT2D eigenvalue weighted by Crippen LogP contribution is -2.16. The maximum atomic E-state index is 13.0. The molecular formula is C19H14BrFN2O3S. The van der Waals surface area contributed by atoms with Crippen LogP contribution < -0.4 is 10.0 Å². The van der Waals surface area contributed by atoms with Crippen molar-refractivity contribution in [1.29, 1.82) is 0 Å². The summed E-state index contributed by atoms with van der Waals surface area (Å²) in [6.45, 7) is 0. The third kappa shape index (κ3) is 4.72. The second-order valence-corrected chi connectivity index (χ2v) is 8.11. The van der Waals surface area contributed by atoms with Gasteiger partial charge in [0.15, 0.2) is 0 Å². The van der Waals surface area contributed by atoms with Crippen LogP contribution in [-0.2, 0) is 10.0 Å². The van der Waals surface area contributed by atoms with Gasteiger partial charge in [0.25, 0.3) is 15.9 Å². The quantitative estimate of drug-likeness (QED) is 0.596. The third-order valence-electron chi connectivity index (χ3n) is 3.62. The van der Waals surface area contributed by atoms with Crippen molar-refractivity contribution in [3.8, 4) is 0 Å². The van der Waals surface area contributed by atoms with Crippen molar-refractivity contribution in [2.75, 3.05) is 10.0 Å². The molecule has 0 aliphatic heterocycles. The number of carbonyl (C=O) groups excluding carboxylic acids is 1. The van der Waals surface area contributed by atoms with Crippen LogP contribution in [0, 0.1) is 5.82 Å². The lowest BCUT2D eigenvalue weighted by Gasteiger charge is -2.11. The summed E-state index contributed by atoms with van der Waals surface area (Å²) in [5.74, 6) is -0.923. The number of hydrogen-bond donors (Lipinski definition) is 2. The van der Waals surface area contributed by atoms with Crippen molar-refractivity contribution in [1.82, 2.24) is 0 Å². The van der Waals surface area contributed by atoms with Crippen molar-refractivity contribution in [2.24, 2.45) is 0 Å². The Morgan fingerprint density at radius 2 is 1.56 bits per heavy atom. The maximum absolute atomic E-state index is 13.0. The van der Waals surface area contributed by atoms with Crippen molar-refractivity contribution < 1.29 is 17.6 Å². The van der Waals surface area contributed by atoms with Crippen LogP contribution in [0.25, 0.3) is 0 Å². The van der Waals surface area contributed by atoms with E-state index >= 15 is 0 Å². The number of para-hydroxylation sites is 1. The molecule has 3 aromatic carbocycles. The van der Waals surface area contributed by atoms with Gasteiger partial charge in [-0.05, 0) is 70.5 Å². The maximum Gasteiger partial charge on any atom is 0.261 e. The van der Waals surface area contributed by atoms with Crippen LogP contribution in [0.2, 0.25) is 0 Å². The summed E-state index contributed by atoms with van der Waals surface area (Å²) < 4.78 is 40.9. The van der Waals surface area contributed by atoms with Crippen molar-refractivity contribution in [3.63, 3.8) is 0 Å². The Hall–Kier alpha value is -2.71. The summed E-state index contributed by atoms with van der Waals surface area (Å²) in [6.07, 6.45) is 0. The van der Waals surface area contributed by atoms with Crippen molar-refractivity contribution in [3.05, 3.63) is 88.6 Å². The number of sulfonamides is 1. The zero-order valence-corrected chi connectivity index (χ0v) is 16.2. The zero-order valence-electron chi connectivity index (χ0n) is 13.8. The van der Waals surface area contributed by atoms with Crippen LogP contribution in [0.15, 0.2) is 82.2 Å². The summed E-state index contributed by atoms with van der Waals surface area (Å²) >= 11 is 3.27. The highest BCUT2D eigenvalue weighted by molar-refractivity contribution is 9.10. The molecule has 5 nitrogen and oxygen atoms in total. The Labute approximate surface area is 164 Å². The van der Waals surface area contributed by atoms with Crippen LogP contribution in [-0.4, -0.2) is 14.3 Å². The van der Waals surface area contributed by atoms with Gasteiger partial charge in [0.1, 0.15) is 5.82 Å². The first-order valence-electron chi connectivity index (χ1n) is 7.79. The standard InChI is InChI=1S/C19H14BrFN2O3S/c20-18-11-10-16(27(25,26)23-15-8-6-13(21)7-9-15)12-17(18)19(24)22-14-4-2-1-3-5-14/h1-12,23H,(H,22,24). The molecule has 0 aliphatic carbocycles. The van der Waals surface area contributed by atoms with E-state index in [2.05, 4.69) is 26.0 Å². The number of rotatable bonds is 5. The van der Waals surface area contributed by atoms with Crippen LogP contribution in [0.5, 0.6) is 0 Å². The molecule has 1 amide bonds. The predicted molar refractivity (Wildman–Crippen MR) is 106 cm³/mol. The van der Waals surface area contributed by atoms with Gasteiger partial charge in [-0.25, -0.2) is 12.8 Å². The Morgan fingerprint density at radius 1 is 0.889 bits per heavy atom. The van der Waals surface area contributed by atoms with E-state index in [0.29, 0.717) is 10.2 Å². The lowest BCUT2D eigenvalue weighted by atomic mass is 10.2. The minimum Gasteiger partial charge on any atom is -0.322 e. The first kappa shape index (κ1) is 19.1. The minimum atomic E-state index is -3.95. The minimum absolute atomic E-state index is 0.0896. The summed E-state index contributed by atoms with van der Waals surface area (Å²) in [4.78, 5) is 12.4. The number of hydrogen-bond acceptors (Lipinski definition) is 3. The normalized spacial score (nSPS) is 11.0. The van der Waals surface area contributed by atoms with E-state index < -0.39 is 21.7 Å². The molecule has 0 fully saturated rings. The molecule has 0 unspecified atom stereocenters. The molecule has 2 N–H and O–H groups in total. The average Bonchev–Trinajstić information content (AvgIpc) is 2.64. The Morgan fingerprint density at radius 3 is 2.22 bits per heavy atom. The molecule has 3 rings (SSSR count). The molecule has 0 atom stereocenters. The fourth-order valence-electron chi connectivity index (χ4n) is 2.30. The average molecular weight is 449 g/mol. The SMILES string of the molecule is O=C(Nc1ccccc1)c1cc(S(=O)(=O)Nc2ccc(F)cc2)ccc1Br. The molecule has 0 bridgehead atoms. The predicted octanol–water partition coefficient (Wildman–Crippen LogP) is 4.64. The number of benzene rings is 3. The highest BCUT2D eigenvalue weighted by atomic mass is 79.9. The first-order chi connectivity index (χ1) is 12.8. The Bertz CT molecular complexity index is 1070. The fraction of sp³-hybridized carbons (Fsp3) is 0. The van der Waals surface area contributed by atoms with Gasteiger partial charge in [0.2, 0.25) is 0 Å². The number of anilines is 2. The summed E-state index contributed by atoms with van der Waals surface area (Å²) in [5, 5.41) is 2.71.